The van der Waals surface area contributed by atoms with Gasteiger partial charge >= 0.3 is 5.97 Å². The summed E-state index contributed by atoms with van der Waals surface area (Å²) in [5, 5.41) is 3.36. The molecule has 1 heterocycles. The second-order valence-corrected chi connectivity index (χ2v) is 4.98. The highest BCUT2D eigenvalue weighted by atomic mass is 35.5. The lowest BCUT2D eigenvalue weighted by molar-refractivity contribution is -0.124. The van der Waals surface area contributed by atoms with Crippen molar-refractivity contribution in [3.63, 3.8) is 0 Å². The van der Waals surface area contributed by atoms with E-state index in [1.165, 1.54) is 6.20 Å². The van der Waals surface area contributed by atoms with Gasteiger partial charge in [0.05, 0.1) is 5.56 Å². The van der Waals surface area contributed by atoms with Crippen molar-refractivity contribution in [1.82, 2.24) is 10.3 Å². The zero-order valence-electron chi connectivity index (χ0n) is 11.8. The van der Waals surface area contributed by atoms with E-state index in [1.54, 1.807) is 30.5 Å². The first-order chi connectivity index (χ1) is 10.6. The van der Waals surface area contributed by atoms with E-state index in [4.69, 9.17) is 16.3 Å². The number of hydrogen-bond donors (Lipinski definition) is 1. The average molecular weight is 319 g/mol. The number of carbonyl (C=O) groups excluding carboxylic acids is 2. The van der Waals surface area contributed by atoms with E-state index in [0.717, 1.165) is 5.56 Å². The van der Waals surface area contributed by atoms with Gasteiger partial charge in [-0.25, -0.2) is 4.79 Å². The minimum absolute atomic E-state index is 0.311. The van der Waals surface area contributed by atoms with Crippen molar-refractivity contribution >= 4 is 23.5 Å². The Morgan fingerprint density at radius 2 is 1.95 bits per heavy atom. The number of nitrogens with one attached hydrogen (secondary N) is 1. The summed E-state index contributed by atoms with van der Waals surface area (Å²) >= 11 is 5.79. The Balaban J connectivity index is 1.68. The lowest BCUT2D eigenvalue weighted by atomic mass is 10.1. The number of benzene rings is 1. The zero-order chi connectivity index (χ0) is 15.8. The molecule has 2 aromatic rings. The molecule has 5 nitrogen and oxygen atoms in total. The van der Waals surface area contributed by atoms with E-state index in [0.29, 0.717) is 23.6 Å². The Hall–Kier alpha value is -2.40. The van der Waals surface area contributed by atoms with Crippen LogP contribution in [0.5, 0.6) is 0 Å². The van der Waals surface area contributed by atoms with Crippen molar-refractivity contribution in [3.8, 4) is 0 Å². The Bertz CT molecular complexity index is 630. The molecule has 0 fully saturated rings. The van der Waals surface area contributed by atoms with Crippen LogP contribution in [-0.4, -0.2) is 30.0 Å². The minimum atomic E-state index is -0.569. The van der Waals surface area contributed by atoms with Gasteiger partial charge < -0.3 is 10.1 Å². The molecule has 2 rings (SSSR count). The molecule has 22 heavy (non-hydrogen) atoms. The fourth-order valence-electron chi connectivity index (χ4n) is 1.75. The zero-order valence-corrected chi connectivity index (χ0v) is 12.5. The Labute approximate surface area is 133 Å². The van der Waals surface area contributed by atoms with Gasteiger partial charge in [-0.3, -0.25) is 9.78 Å². The van der Waals surface area contributed by atoms with Crippen LogP contribution in [0.1, 0.15) is 15.9 Å². The summed E-state index contributed by atoms with van der Waals surface area (Å²) in [6.45, 7) is 0.152. The average Bonchev–Trinajstić information content (AvgIpc) is 2.55. The molecule has 0 spiro atoms. The summed E-state index contributed by atoms with van der Waals surface area (Å²) in [4.78, 5) is 27.0. The maximum atomic E-state index is 11.6. The molecular weight excluding hydrogens is 304 g/mol. The first kappa shape index (κ1) is 16.0. The molecule has 1 amide bonds. The number of pyridine rings is 1. The molecule has 0 atom stereocenters. The predicted molar refractivity (Wildman–Crippen MR) is 82.7 cm³/mol. The molecule has 0 unspecified atom stereocenters. The van der Waals surface area contributed by atoms with Gasteiger partial charge in [-0.15, -0.1) is 0 Å². The fraction of sp³-hybridized carbons (Fsp3) is 0.188. The molecule has 6 heteroatoms. The molecule has 0 aliphatic heterocycles. The molecule has 114 valence electrons. The lowest BCUT2D eigenvalue weighted by Gasteiger charge is -2.06. The molecular formula is C16H15ClN2O3. The Morgan fingerprint density at radius 1 is 1.18 bits per heavy atom. The molecule has 0 saturated heterocycles. The maximum Gasteiger partial charge on any atom is 0.340 e. The molecule has 1 N–H and O–H groups in total. The van der Waals surface area contributed by atoms with Crippen LogP contribution < -0.4 is 5.32 Å². The number of rotatable bonds is 6. The van der Waals surface area contributed by atoms with Crippen LogP contribution in [0.4, 0.5) is 0 Å². The third kappa shape index (κ3) is 5.18. The second kappa shape index (κ2) is 8.14. The smallest absolute Gasteiger partial charge is 0.340 e. The molecule has 0 bridgehead atoms. The summed E-state index contributed by atoms with van der Waals surface area (Å²) < 4.78 is 4.90. The summed E-state index contributed by atoms with van der Waals surface area (Å²) in [7, 11) is 0. The highest BCUT2D eigenvalue weighted by Gasteiger charge is 2.09. The van der Waals surface area contributed by atoms with E-state index >= 15 is 0 Å². The van der Waals surface area contributed by atoms with E-state index in [1.807, 2.05) is 12.1 Å². The number of amides is 1. The van der Waals surface area contributed by atoms with Crippen molar-refractivity contribution < 1.29 is 14.3 Å². The first-order valence-electron chi connectivity index (χ1n) is 6.73. The van der Waals surface area contributed by atoms with Crippen LogP contribution >= 0.6 is 11.6 Å². The summed E-state index contributed by atoms with van der Waals surface area (Å²) in [6, 6.07) is 10.6. The maximum absolute atomic E-state index is 11.6. The van der Waals surface area contributed by atoms with Gasteiger partial charge in [0.1, 0.15) is 0 Å². The molecule has 1 aromatic heterocycles. The molecule has 0 saturated carbocycles. The van der Waals surface area contributed by atoms with Crippen molar-refractivity contribution in [3.05, 3.63) is 64.9 Å². The standard InChI is InChI=1S/C16H15ClN2O3/c17-14-5-3-12(4-6-14)7-9-19-15(20)11-22-16(21)13-2-1-8-18-10-13/h1-6,8,10H,7,9,11H2,(H,19,20). The minimum Gasteiger partial charge on any atom is -0.452 e. The van der Waals surface area contributed by atoms with E-state index in [-0.39, 0.29) is 12.5 Å². The number of halogens is 1. The van der Waals surface area contributed by atoms with Crippen molar-refractivity contribution in [1.29, 1.82) is 0 Å². The normalized spacial score (nSPS) is 10.0. The fourth-order valence-corrected chi connectivity index (χ4v) is 1.87. The van der Waals surface area contributed by atoms with Crippen LogP contribution in [0, 0.1) is 0 Å². The van der Waals surface area contributed by atoms with Crippen LogP contribution in [-0.2, 0) is 16.0 Å². The van der Waals surface area contributed by atoms with Crippen molar-refractivity contribution in [2.45, 2.75) is 6.42 Å². The molecule has 1 aromatic carbocycles. The van der Waals surface area contributed by atoms with Gasteiger partial charge in [-0.1, -0.05) is 23.7 Å². The van der Waals surface area contributed by atoms with Crippen LogP contribution in [0.3, 0.4) is 0 Å². The highest BCUT2D eigenvalue weighted by Crippen LogP contribution is 2.09. The van der Waals surface area contributed by atoms with E-state index in [9.17, 15) is 9.59 Å². The van der Waals surface area contributed by atoms with Gasteiger partial charge in [0.15, 0.2) is 6.61 Å². The van der Waals surface area contributed by atoms with E-state index < -0.39 is 5.97 Å². The van der Waals surface area contributed by atoms with E-state index in [2.05, 4.69) is 10.3 Å². The number of esters is 1. The number of ether oxygens (including phenoxy) is 1. The van der Waals surface area contributed by atoms with Gasteiger partial charge in [0.25, 0.3) is 5.91 Å². The Kier molecular flexibility index (Phi) is 5.91. The van der Waals surface area contributed by atoms with Crippen molar-refractivity contribution in [2.75, 3.05) is 13.2 Å². The molecule has 0 aliphatic carbocycles. The summed E-state index contributed by atoms with van der Waals surface area (Å²) in [5.74, 6) is -0.910. The Morgan fingerprint density at radius 3 is 2.64 bits per heavy atom. The van der Waals surface area contributed by atoms with Crippen LogP contribution in [0.2, 0.25) is 5.02 Å². The third-order valence-corrected chi connectivity index (χ3v) is 3.13. The van der Waals surface area contributed by atoms with Gasteiger partial charge in [0.2, 0.25) is 0 Å². The first-order valence-corrected chi connectivity index (χ1v) is 7.11. The number of hydrogen-bond acceptors (Lipinski definition) is 4. The van der Waals surface area contributed by atoms with Crippen molar-refractivity contribution in [2.24, 2.45) is 0 Å². The topological polar surface area (TPSA) is 68.3 Å². The monoisotopic (exact) mass is 318 g/mol. The van der Waals surface area contributed by atoms with Crippen LogP contribution in [0.15, 0.2) is 48.8 Å². The number of aromatic nitrogens is 1. The number of carbonyl (C=O) groups is 2. The lowest BCUT2D eigenvalue weighted by Crippen LogP contribution is -2.30. The second-order valence-electron chi connectivity index (χ2n) is 4.54. The SMILES string of the molecule is O=C(COC(=O)c1cccnc1)NCCc1ccc(Cl)cc1. The number of nitrogens with zero attached hydrogens (tertiary/aromatic N) is 1. The van der Waals surface area contributed by atoms with Gasteiger partial charge in [0, 0.05) is 24.0 Å². The highest BCUT2D eigenvalue weighted by molar-refractivity contribution is 6.30. The summed E-state index contributed by atoms with van der Waals surface area (Å²) in [6.07, 6.45) is 3.63. The molecule has 0 radical (unpaired) electrons. The molecule has 0 aliphatic rings. The predicted octanol–water partition coefficient (Wildman–Crippen LogP) is 2.25. The third-order valence-electron chi connectivity index (χ3n) is 2.88. The van der Waals surface area contributed by atoms with Gasteiger partial charge in [-0.2, -0.15) is 0 Å². The summed E-state index contributed by atoms with van der Waals surface area (Å²) in [5.41, 5.74) is 1.38. The van der Waals surface area contributed by atoms with Crippen LogP contribution in [0.25, 0.3) is 0 Å². The van der Waals surface area contributed by atoms with Gasteiger partial charge in [-0.05, 0) is 36.2 Å². The quantitative estimate of drug-likeness (QED) is 0.829. The largest absolute Gasteiger partial charge is 0.452 e.